The van der Waals surface area contributed by atoms with Crippen LogP contribution in [-0.4, -0.2) is 34.5 Å². The monoisotopic (exact) mass is 379 g/mol. The Kier molecular flexibility index (Phi) is 5.15. The SMILES string of the molecule is COc1ccc(Cl)cc1S(=O)(=O)Nc1cccc(C2=NCCCN2)c1. The third-order valence-electron chi connectivity index (χ3n) is 3.70. The Morgan fingerprint density at radius 3 is 2.80 bits per heavy atom. The van der Waals surface area contributed by atoms with Gasteiger partial charge in [-0.25, -0.2) is 8.42 Å². The van der Waals surface area contributed by atoms with Crippen LogP contribution in [0.3, 0.4) is 0 Å². The van der Waals surface area contributed by atoms with E-state index < -0.39 is 10.0 Å². The van der Waals surface area contributed by atoms with E-state index in [1.807, 2.05) is 6.07 Å². The summed E-state index contributed by atoms with van der Waals surface area (Å²) < 4.78 is 33.2. The van der Waals surface area contributed by atoms with E-state index >= 15 is 0 Å². The van der Waals surface area contributed by atoms with Gasteiger partial charge in [-0.05, 0) is 36.8 Å². The number of benzene rings is 2. The predicted octanol–water partition coefficient (Wildman–Crippen LogP) is 2.89. The second-order valence-corrected chi connectivity index (χ2v) is 7.58. The lowest BCUT2D eigenvalue weighted by atomic mass is 10.1. The second-order valence-electron chi connectivity index (χ2n) is 5.49. The van der Waals surface area contributed by atoms with Crippen molar-refractivity contribution in [2.24, 2.45) is 4.99 Å². The highest BCUT2D eigenvalue weighted by Gasteiger charge is 2.20. The summed E-state index contributed by atoms with van der Waals surface area (Å²) in [6.07, 6.45) is 0.990. The van der Waals surface area contributed by atoms with Crippen LogP contribution in [0.2, 0.25) is 5.02 Å². The van der Waals surface area contributed by atoms with Crippen molar-refractivity contribution in [3.63, 3.8) is 0 Å². The van der Waals surface area contributed by atoms with Crippen LogP contribution in [-0.2, 0) is 10.0 Å². The minimum Gasteiger partial charge on any atom is -0.495 e. The van der Waals surface area contributed by atoms with E-state index in [-0.39, 0.29) is 10.6 Å². The van der Waals surface area contributed by atoms with Crippen LogP contribution in [0.1, 0.15) is 12.0 Å². The molecular formula is C17H18ClN3O3S. The smallest absolute Gasteiger partial charge is 0.265 e. The normalized spacial score (nSPS) is 14.4. The molecule has 3 rings (SSSR count). The molecular weight excluding hydrogens is 362 g/mol. The molecule has 0 radical (unpaired) electrons. The van der Waals surface area contributed by atoms with Gasteiger partial charge in [0, 0.05) is 29.4 Å². The summed E-state index contributed by atoms with van der Waals surface area (Å²) in [6.45, 7) is 1.62. The summed E-state index contributed by atoms with van der Waals surface area (Å²) in [4.78, 5) is 4.41. The highest BCUT2D eigenvalue weighted by molar-refractivity contribution is 7.92. The lowest BCUT2D eigenvalue weighted by Crippen LogP contribution is -2.30. The number of amidine groups is 1. The topological polar surface area (TPSA) is 79.8 Å². The van der Waals surface area contributed by atoms with Gasteiger partial charge in [-0.1, -0.05) is 23.7 Å². The molecule has 6 nitrogen and oxygen atoms in total. The van der Waals surface area contributed by atoms with Crippen molar-refractivity contribution >= 4 is 33.1 Å². The van der Waals surface area contributed by atoms with Crippen molar-refractivity contribution in [3.05, 3.63) is 53.1 Å². The van der Waals surface area contributed by atoms with Gasteiger partial charge in [0.05, 0.1) is 7.11 Å². The van der Waals surface area contributed by atoms with E-state index in [1.165, 1.54) is 19.2 Å². The summed E-state index contributed by atoms with van der Waals surface area (Å²) in [5.41, 5.74) is 1.27. The van der Waals surface area contributed by atoms with E-state index in [0.717, 1.165) is 30.9 Å². The molecule has 1 aliphatic heterocycles. The van der Waals surface area contributed by atoms with Crippen molar-refractivity contribution in [2.45, 2.75) is 11.3 Å². The van der Waals surface area contributed by atoms with Gasteiger partial charge in [-0.2, -0.15) is 0 Å². The van der Waals surface area contributed by atoms with Gasteiger partial charge in [-0.3, -0.25) is 9.71 Å². The molecule has 0 aliphatic carbocycles. The zero-order chi connectivity index (χ0) is 17.9. The molecule has 132 valence electrons. The molecule has 0 amide bonds. The maximum atomic E-state index is 12.7. The van der Waals surface area contributed by atoms with Crippen LogP contribution in [0.25, 0.3) is 0 Å². The average molecular weight is 380 g/mol. The predicted molar refractivity (Wildman–Crippen MR) is 99.3 cm³/mol. The van der Waals surface area contributed by atoms with Crippen molar-refractivity contribution in [1.29, 1.82) is 0 Å². The Bertz CT molecular complexity index is 913. The van der Waals surface area contributed by atoms with E-state index in [9.17, 15) is 8.42 Å². The Balaban J connectivity index is 1.91. The second kappa shape index (κ2) is 7.33. The Labute approximate surface area is 151 Å². The molecule has 8 heteroatoms. The zero-order valence-electron chi connectivity index (χ0n) is 13.6. The zero-order valence-corrected chi connectivity index (χ0v) is 15.2. The average Bonchev–Trinajstić information content (AvgIpc) is 2.62. The lowest BCUT2D eigenvalue weighted by Gasteiger charge is -2.16. The summed E-state index contributed by atoms with van der Waals surface area (Å²) in [6, 6.07) is 11.5. The fourth-order valence-corrected chi connectivity index (χ4v) is 4.01. The molecule has 1 heterocycles. The number of sulfonamides is 1. The number of anilines is 1. The van der Waals surface area contributed by atoms with Crippen LogP contribution in [0, 0.1) is 0 Å². The number of nitrogens with one attached hydrogen (secondary N) is 2. The molecule has 0 unspecified atom stereocenters. The van der Waals surface area contributed by atoms with E-state index in [0.29, 0.717) is 10.7 Å². The highest BCUT2D eigenvalue weighted by atomic mass is 35.5. The molecule has 2 aromatic carbocycles. The molecule has 2 N–H and O–H groups in total. The summed E-state index contributed by atoms with van der Waals surface area (Å²) in [5.74, 6) is 0.999. The summed E-state index contributed by atoms with van der Waals surface area (Å²) >= 11 is 5.94. The van der Waals surface area contributed by atoms with Crippen LogP contribution >= 0.6 is 11.6 Å². The highest BCUT2D eigenvalue weighted by Crippen LogP contribution is 2.28. The Morgan fingerprint density at radius 1 is 1.24 bits per heavy atom. The number of nitrogens with zero attached hydrogens (tertiary/aromatic N) is 1. The van der Waals surface area contributed by atoms with Crippen LogP contribution in [0.15, 0.2) is 52.4 Å². The molecule has 2 aromatic rings. The molecule has 25 heavy (non-hydrogen) atoms. The van der Waals surface area contributed by atoms with E-state index in [4.69, 9.17) is 16.3 Å². The molecule has 0 fully saturated rings. The molecule has 0 aromatic heterocycles. The van der Waals surface area contributed by atoms with E-state index in [1.54, 1.807) is 24.3 Å². The minimum absolute atomic E-state index is 0.0129. The quantitative estimate of drug-likeness (QED) is 0.837. The van der Waals surface area contributed by atoms with E-state index in [2.05, 4.69) is 15.0 Å². The van der Waals surface area contributed by atoms with Crippen molar-refractivity contribution in [3.8, 4) is 5.75 Å². The number of halogens is 1. The van der Waals surface area contributed by atoms with Crippen LogP contribution < -0.4 is 14.8 Å². The fourth-order valence-electron chi connectivity index (χ4n) is 2.53. The first-order valence-corrected chi connectivity index (χ1v) is 9.61. The number of methoxy groups -OCH3 is 1. The fraction of sp³-hybridized carbons (Fsp3) is 0.235. The first-order valence-electron chi connectivity index (χ1n) is 7.75. The molecule has 0 saturated carbocycles. The molecule has 0 saturated heterocycles. The number of aliphatic imine (C=N–C) groups is 1. The maximum Gasteiger partial charge on any atom is 0.265 e. The minimum atomic E-state index is -3.85. The van der Waals surface area contributed by atoms with Crippen molar-refractivity contribution in [1.82, 2.24) is 5.32 Å². The summed E-state index contributed by atoms with van der Waals surface area (Å²) in [7, 11) is -2.43. The van der Waals surface area contributed by atoms with Gasteiger partial charge in [0.1, 0.15) is 16.5 Å². The van der Waals surface area contributed by atoms with Gasteiger partial charge in [0.25, 0.3) is 10.0 Å². The first-order chi connectivity index (χ1) is 12.0. The Morgan fingerprint density at radius 2 is 2.08 bits per heavy atom. The van der Waals surface area contributed by atoms with Gasteiger partial charge >= 0.3 is 0 Å². The molecule has 0 spiro atoms. The third-order valence-corrected chi connectivity index (χ3v) is 5.34. The molecule has 0 bridgehead atoms. The number of ether oxygens (including phenoxy) is 1. The van der Waals surface area contributed by atoms with Crippen LogP contribution in [0.4, 0.5) is 5.69 Å². The van der Waals surface area contributed by atoms with Gasteiger partial charge < -0.3 is 10.1 Å². The summed E-state index contributed by atoms with van der Waals surface area (Å²) in [5, 5.41) is 3.53. The van der Waals surface area contributed by atoms with Crippen molar-refractivity contribution < 1.29 is 13.2 Å². The van der Waals surface area contributed by atoms with Crippen molar-refractivity contribution in [2.75, 3.05) is 24.9 Å². The standard InChI is InChI=1S/C17H18ClN3O3S/c1-24-15-7-6-13(18)11-16(15)25(22,23)21-14-5-2-4-12(10-14)17-19-8-3-9-20-17/h2,4-7,10-11,21H,3,8-9H2,1H3,(H,19,20). The van der Waals surface area contributed by atoms with Crippen LogP contribution in [0.5, 0.6) is 5.75 Å². The number of rotatable bonds is 5. The number of hydrogen-bond acceptors (Lipinski definition) is 5. The maximum absolute atomic E-state index is 12.7. The van der Waals surface area contributed by atoms with Gasteiger partial charge in [0.2, 0.25) is 0 Å². The lowest BCUT2D eigenvalue weighted by molar-refractivity contribution is 0.403. The largest absolute Gasteiger partial charge is 0.495 e. The van der Waals surface area contributed by atoms with Gasteiger partial charge in [-0.15, -0.1) is 0 Å². The number of hydrogen-bond donors (Lipinski definition) is 2. The van der Waals surface area contributed by atoms with Gasteiger partial charge in [0.15, 0.2) is 0 Å². The molecule has 0 atom stereocenters. The first kappa shape index (κ1) is 17.6. The Hall–Kier alpha value is -2.25. The third kappa shape index (κ3) is 4.05. The molecule has 1 aliphatic rings.